The Morgan fingerprint density at radius 2 is 2.03 bits per heavy atom. The van der Waals surface area contributed by atoms with Gasteiger partial charge in [0.25, 0.3) is 5.91 Å². The summed E-state index contributed by atoms with van der Waals surface area (Å²) in [6.45, 7) is 5.15. The molecule has 164 valence electrons. The van der Waals surface area contributed by atoms with Crippen molar-refractivity contribution in [2.75, 3.05) is 31.6 Å². The van der Waals surface area contributed by atoms with Gasteiger partial charge in [0, 0.05) is 38.8 Å². The fourth-order valence-corrected chi connectivity index (χ4v) is 3.99. The molecule has 3 aromatic rings. The number of carbonyl (C=O) groups is 2. The fourth-order valence-electron chi connectivity index (χ4n) is 3.99. The standard InChI is InChI=1S/C23H28N4O4/c1-2-30-14-5-11-27-20-7-4-3-6-19(20)24-23(27)25-21(28)17-8-12-26(13-9-17)22(29)18-10-15-31-16-18/h3-4,6-7,10,15-17H,2,5,8-9,11-14H2,1H3,(H,24,25,28). The number of benzene rings is 1. The molecule has 1 N–H and O–H groups in total. The smallest absolute Gasteiger partial charge is 0.257 e. The zero-order valence-electron chi connectivity index (χ0n) is 17.8. The van der Waals surface area contributed by atoms with E-state index in [9.17, 15) is 9.59 Å². The second-order valence-electron chi connectivity index (χ2n) is 7.69. The number of aryl methyl sites for hydroxylation is 1. The van der Waals surface area contributed by atoms with Crippen molar-refractivity contribution < 1.29 is 18.7 Å². The first kappa shape index (κ1) is 21.1. The molecule has 8 nitrogen and oxygen atoms in total. The Morgan fingerprint density at radius 1 is 1.23 bits per heavy atom. The van der Waals surface area contributed by atoms with Crippen LogP contribution in [-0.4, -0.2) is 52.6 Å². The highest BCUT2D eigenvalue weighted by Gasteiger charge is 2.29. The molecule has 0 bridgehead atoms. The van der Waals surface area contributed by atoms with E-state index in [4.69, 9.17) is 9.15 Å². The molecular formula is C23H28N4O4. The van der Waals surface area contributed by atoms with Crippen LogP contribution in [0.15, 0.2) is 47.3 Å². The lowest BCUT2D eigenvalue weighted by Crippen LogP contribution is -2.41. The van der Waals surface area contributed by atoms with Crippen LogP contribution in [0, 0.1) is 5.92 Å². The van der Waals surface area contributed by atoms with E-state index in [1.807, 2.05) is 35.8 Å². The van der Waals surface area contributed by atoms with E-state index in [0.717, 1.165) is 17.5 Å². The van der Waals surface area contributed by atoms with Gasteiger partial charge in [0.15, 0.2) is 0 Å². The lowest BCUT2D eigenvalue weighted by Gasteiger charge is -2.31. The first-order valence-corrected chi connectivity index (χ1v) is 10.8. The average Bonchev–Trinajstić information content (AvgIpc) is 3.45. The molecule has 2 amide bonds. The minimum Gasteiger partial charge on any atom is -0.472 e. The Bertz CT molecular complexity index is 1020. The highest BCUT2D eigenvalue weighted by molar-refractivity contribution is 5.95. The number of imidazole rings is 1. The quantitative estimate of drug-likeness (QED) is 0.559. The van der Waals surface area contributed by atoms with Gasteiger partial charge in [-0.1, -0.05) is 12.1 Å². The second-order valence-corrected chi connectivity index (χ2v) is 7.69. The number of carbonyl (C=O) groups excluding carboxylic acids is 2. The van der Waals surface area contributed by atoms with Crippen molar-refractivity contribution in [2.45, 2.75) is 32.7 Å². The summed E-state index contributed by atoms with van der Waals surface area (Å²) in [5.41, 5.74) is 2.40. The van der Waals surface area contributed by atoms with Crippen LogP contribution in [0.5, 0.6) is 0 Å². The van der Waals surface area contributed by atoms with Crippen LogP contribution in [0.4, 0.5) is 5.95 Å². The van der Waals surface area contributed by atoms with E-state index >= 15 is 0 Å². The molecule has 0 aliphatic carbocycles. The zero-order valence-corrected chi connectivity index (χ0v) is 17.8. The molecule has 1 aromatic carbocycles. The van der Waals surface area contributed by atoms with E-state index in [1.54, 1.807) is 11.0 Å². The van der Waals surface area contributed by atoms with Crippen molar-refractivity contribution >= 4 is 28.8 Å². The molecule has 4 rings (SSSR count). The monoisotopic (exact) mass is 424 g/mol. The summed E-state index contributed by atoms with van der Waals surface area (Å²) in [7, 11) is 0. The first-order chi connectivity index (χ1) is 15.2. The molecule has 0 unspecified atom stereocenters. The number of para-hydroxylation sites is 2. The molecule has 0 radical (unpaired) electrons. The van der Waals surface area contributed by atoms with Gasteiger partial charge in [-0.25, -0.2) is 4.98 Å². The number of hydrogen-bond donors (Lipinski definition) is 1. The molecule has 1 aliphatic rings. The number of piperidine rings is 1. The highest BCUT2D eigenvalue weighted by atomic mass is 16.5. The van der Waals surface area contributed by atoms with Gasteiger partial charge in [0.1, 0.15) is 6.26 Å². The Balaban J connectivity index is 1.40. The second kappa shape index (κ2) is 9.78. The average molecular weight is 425 g/mol. The van der Waals surface area contributed by atoms with Crippen molar-refractivity contribution in [1.82, 2.24) is 14.5 Å². The van der Waals surface area contributed by atoms with E-state index in [0.29, 0.717) is 57.2 Å². The van der Waals surface area contributed by atoms with Gasteiger partial charge in [-0.2, -0.15) is 0 Å². The SMILES string of the molecule is CCOCCCn1c(NC(=O)C2CCN(C(=O)c3ccoc3)CC2)nc2ccccc21. The number of rotatable bonds is 8. The number of amides is 2. The van der Waals surface area contributed by atoms with Crippen LogP contribution in [0.2, 0.25) is 0 Å². The Labute approximate surface area is 181 Å². The number of aromatic nitrogens is 2. The van der Waals surface area contributed by atoms with E-state index in [2.05, 4.69) is 10.3 Å². The van der Waals surface area contributed by atoms with Crippen LogP contribution in [0.25, 0.3) is 11.0 Å². The number of likely N-dealkylation sites (tertiary alicyclic amines) is 1. The topological polar surface area (TPSA) is 89.6 Å². The summed E-state index contributed by atoms with van der Waals surface area (Å²) in [6, 6.07) is 9.54. The fraction of sp³-hybridized carbons (Fsp3) is 0.435. The maximum atomic E-state index is 13.0. The molecule has 8 heteroatoms. The molecule has 0 atom stereocenters. The number of nitrogens with zero attached hydrogens (tertiary/aromatic N) is 3. The van der Waals surface area contributed by atoms with Crippen molar-refractivity contribution in [1.29, 1.82) is 0 Å². The van der Waals surface area contributed by atoms with Crippen molar-refractivity contribution in [3.63, 3.8) is 0 Å². The third-order valence-electron chi connectivity index (χ3n) is 5.69. The lowest BCUT2D eigenvalue weighted by molar-refractivity contribution is -0.121. The molecule has 1 fully saturated rings. The lowest BCUT2D eigenvalue weighted by atomic mass is 9.95. The molecular weight excluding hydrogens is 396 g/mol. The molecule has 31 heavy (non-hydrogen) atoms. The summed E-state index contributed by atoms with van der Waals surface area (Å²) in [5.74, 6) is 0.324. The highest BCUT2D eigenvalue weighted by Crippen LogP contribution is 2.24. The summed E-state index contributed by atoms with van der Waals surface area (Å²) in [6.07, 6.45) is 5.04. The summed E-state index contributed by atoms with van der Waals surface area (Å²) in [4.78, 5) is 31.8. The normalized spacial score (nSPS) is 14.8. The Hall–Kier alpha value is -3.13. The Kier molecular flexibility index (Phi) is 6.66. The van der Waals surface area contributed by atoms with Crippen LogP contribution in [-0.2, 0) is 16.1 Å². The minimum atomic E-state index is -0.148. The van der Waals surface area contributed by atoms with Crippen LogP contribution >= 0.6 is 0 Å². The number of fused-ring (bicyclic) bond motifs is 1. The zero-order chi connectivity index (χ0) is 21.6. The molecule has 2 aromatic heterocycles. The van der Waals surface area contributed by atoms with Gasteiger partial charge in [0.05, 0.1) is 22.9 Å². The summed E-state index contributed by atoms with van der Waals surface area (Å²) >= 11 is 0. The maximum Gasteiger partial charge on any atom is 0.257 e. The van der Waals surface area contributed by atoms with E-state index in [1.165, 1.54) is 12.5 Å². The third-order valence-corrected chi connectivity index (χ3v) is 5.69. The van der Waals surface area contributed by atoms with Gasteiger partial charge >= 0.3 is 0 Å². The summed E-state index contributed by atoms with van der Waals surface area (Å²) in [5, 5.41) is 3.04. The van der Waals surface area contributed by atoms with Crippen molar-refractivity contribution in [3.8, 4) is 0 Å². The van der Waals surface area contributed by atoms with Gasteiger partial charge in [-0.15, -0.1) is 0 Å². The number of nitrogens with one attached hydrogen (secondary N) is 1. The van der Waals surface area contributed by atoms with Gasteiger partial charge in [-0.05, 0) is 44.4 Å². The first-order valence-electron chi connectivity index (χ1n) is 10.8. The molecule has 1 saturated heterocycles. The number of anilines is 1. The van der Waals surface area contributed by atoms with Crippen LogP contribution in [0.1, 0.15) is 36.5 Å². The summed E-state index contributed by atoms with van der Waals surface area (Å²) < 4.78 is 12.5. The maximum absolute atomic E-state index is 13.0. The molecule has 1 aliphatic heterocycles. The minimum absolute atomic E-state index is 0.0447. The Morgan fingerprint density at radius 3 is 2.77 bits per heavy atom. The predicted octanol–water partition coefficient (Wildman–Crippen LogP) is 3.55. The number of ether oxygens (including phenoxy) is 1. The van der Waals surface area contributed by atoms with Crippen LogP contribution < -0.4 is 5.32 Å². The molecule has 0 spiro atoms. The largest absolute Gasteiger partial charge is 0.472 e. The number of furan rings is 1. The molecule has 3 heterocycles. The van der Waals surface area contributed by atoms with Crippen LogP contribution in [0.3, 0.4) is 0 Å². The third kappa shape index (κ3) is 4.80. The van der Waals surface area contributed by atoms with Gasteiger partial charge in [-0.3, -0.25) is 14.9 Å². The predicted molar refractivity (Wildman–Crippen MR) is 117 cm³/mol. The van der Waals surface area contributed by atoms with Crippen molar-refractivity contribution in [3.05, 3.63) is 48.4 Å². The van der Waals surface area contributed by atoms with E-state index in [-0.39, 0.29) is 17.7 Å². The van der Waals surface area contributed by atoms with E-state index < -0.39 is 0 Å². The van der Waals surface area contributed by atoms with Gasteiger partial charge in [0.2, 0.25) is 11.9 Å². The van der Waals surface area contributed by atoms with Crippen molar-refractivity contribution in [2.24, 2.45) is 5.92 Å². The number of hydrogen-bond acceptors (Lipinski definition) is 5. The molecule has 0 saturated carbocycles. The van der Waals surface area contributed by atoms with Gasteiger partial charge < -0.3 is 18.6 Å².